The molecule has 0 aromatic carbocycles. The van der Waals surface area contributed by atoms with Crippen molar-refractivity contribution in [2.45, 2.75) is 24.5 Å². The van der Waals surface area contributed by atoms with Crippen LogP contribution in [-0.2, 0) is 4.74 Å². The number of ether oxygens (including phenoxy) is 1. The molecule has 1 fully saturated rings. The Morgan fingerprint density at radius 3 is 2.75 bits per heavy atom. The summed E-state index contributed by atoms with van der Waals surface area (Å²) in [7, 11) is 0. The lowest BCUT2D eigenvalue weighted by molar-refractivity contribution is -0.120. The minimum Gasteiger partial charge on any atom is -0.367 e. The fourth-order valence-electron chi connectivity index (χ4n) is 0.729. The standard InChI is InChI=1S/C5H9ClO2/c6-4-2-1-3-8-5(4)7/h4-5,7H,1-3H2/t4-,5-/m0/s1. The largest absolute Gasteiger partial charge is 0.367 e. The maximum Gasteiger partial charge on any atom is 0.170 e. The number of halogens is 1. The number of hydrogen-bond donors (Lipinski definition) is 1. The van der Waals surface area contributed by atoms with Gasteiger partial charge in [-0.15, -0.1) is 11.6 Å². The van der Waals surface area contributed by atoms with E-state index in [9.17, 15) is 0 Å². The van der Waals surface area contributed by atoms with Gasteiger partial charge < -0.3 is 9.84 Å². The zero-order chi connectivity index (χ0) is 5.98. The summed E-state index contributed by atoms with van der Waals surface area (Å²) in [5, 5.41) is 8.63. The monoisotopic (exact) mass is 136 g/mol. The summed E-state index contributed by atoms with van der Waals surface area (Å²) in [6, 6.07) is 0. The third-order valence-electron chi connectivity index (χ3n) is 1.22. The second-order valence-electron chi connectivity index (χ2n) is 1.92. The Bertz CT molecular complexity index is 66.8. The molecule has 3 heteroatoms. The number of aliphatic hydroxyl groups excluding tert-OH is 1. The lowest BCUT2D eigenvalue weighted by Crippen LogP contribution is -2.29. The van der Waals surface area contributed by atoms with E-state index in [2.05, 4.69) is 0 Å². The molecule has 48 valence electrons. The van der Waals surface area contributed by atoms with E-state index in [0.29, 0.717) is 6.61 Å². The van der Waals surface area contributed by atoms with Crippen molar-refractivity contribution in [3.63, 3.8) is 0 Å². The molecule has 1 N–H and O–H groups in total. The summed E-state index contributed by atoms with van der Waals surface area (Å²) < 4.78 is 4.81. The van der Waals surface area contributed by atoms with Crippen molar-refractivity contribution in [1.29, 1.82) is 0 Å². The first-order valence-corrected chi connectivity index (χ1v) is 3.18. The van der Waals surface area contributed by atoms with Crippen molar-refractivity contribution in [2.24, 2.45) is 0 Å². The molecule has 0 aromatic heterocycles. The maximum absolute atomic E-state index is 8.82. The van der Waals surface area contributed by atoms with Crippen LogP contribution < -0.4 is 0 Å². The quantitative estimate of drug-likeness (QED) is 0.498. The lowest BCUT2D eigenvalue weighted by atomic mass is 10.2. The van der Waals surface area contributed by atoms with E-state index in [1.807, 2.05) is 0 Å². The van der Waals surface area contributed by atoms with Gasteiger partial charge in [-0.3, -0.25) is 0 Å². The second kappa shape index (κ2) is 2.67. The topological polar surface area (TPSA) is 29.5 Å². The summed E-state index contributed by atoms with van der Waals surface area (Å²) >= 11 is 5.59. The van der Waals surface area contributed by atoms with Crippen molar-refractivity contribution >= 4 is 11.6 Å². The van der Waals surface area contributed by atoms with Crippen LogP contribution in [0.2, 0.25) is 0 Å². The Kier molecular flexibility index (Phi) is 2.11. The van der Waals surface area contributed by atoms with E-state index < -0.39 is 6.29 Å². The molecule has 0 bridgehead atoms. The van der Waals surface area contributed by atoms with E-state index in [0.717, 1.165) is 12.8 Å². The molecular weight excluding hydrogens is 128 g/mol. The highest BCUT2D eigenvalue weighted by Gasteiger charge is 2.20. The molecule has 0 unspecified atom stereocenters. The Morgan fingerprint density at radius 1 is 1.62 bits per heavy atom. The molecule has 1 aliphatic heterocycles. The van der Waals surface area contributed by atoms with Crippen LogP contribution in [0.4, 0.5) is 0 Å². The van der Waals surface area contributed by atoms with Gasteiger partial charge in [0, 0.05) is 6.61 Å². The summed E-state index contributed by atoms with van der Waals surface area (Å²) in [5.74, 6) is 0. The highest BCUT2D eigenvalue weighted by Crippen LogP contribution is 2.16. The molecule has 1 rings (SSSR count). The van der Waals surface area contributed by atoms with Gasteiger partial charge in [0.05, 0.1) is 5.38 Å². The normalized spacial score (nSPS) is 39.8. The van der Waals surface area contributed by atoms with Crippen LogP contribution in [0.1, 0.15) is 12.8 Å². The van der Waals surface area contributed by atoms with Gasteiger partial charge in [-0.1, -0.05) is 0 Å². The third kappa shape index (κ3) is 1.34. The van der Waals surface area contributed by atoms with E-state index in [1.54, 1.807) is 0 Å². The molecule has 0 saturated carbocycles. The van der Waals surface area contributed by atoms with Crippen LogP contribution in [-0.4, -0.2) is 23.4 Å². The molecule has 2 atom stereocenters. The SMILES string of the molecule is O[C@H]1OCCC[C@@H]1Cl. The Labute approximate surface area is 53.4 Å². The molecule has 8 heavy (non-hydrogen) atoms. The molecule has 1 aliphatic rings. The minimum atomic E-state index is -0.731. The fraction of sp³-hybridized carbons (Fsp3) is 1.00. The summed E-state index contributed by atoms with van der Waals surface area (Å²) in [5.41, 5.74) is 0. The first-order valence-electron chi connectivity index (χ1n) is 2.74. The average Bonchev–Trinajstić information content (AvgIpc) is 1.77. The highest BCUT2D eigenvalue weighted by atomic mass is 35.5. The van der Waals surface area contributed by atoms with Crippen molar-refractivity contribution < 1.29 is 9.84 Å². The number of aliphatic hydroxyl groups is 1. The first kappa shape index (κ1) is 6.33. The van der Waals surface area contributed by atoms with Gasteiger partial charge in [0.15, 0.2) is 6.29 Å². The van der Waals surface area contributed by atoms with Gasteiger partial charge in [-0.2, -0.15) is 0 Å². The molecule has 1 heterocycles. The van der Waals surface area contributed by atoms with Crippen LogP contribution in [0, 0.1) is 0 Å². The first-order chi connectivity index (χ1) is 3.80. The highest BCUT2D eigenvalue weighted by molar-refractivity contribution is 6.20. The van der Waals surface area contributed by atoms with Gasteiger partial charge in [-0.25, -0.2) is 0 Å². The summed E-state index contributed by atoms with van der Waals surface area (Å²) in [6.07, 6.45) is 1.10. The number of hydrogen-bond acceptors (Lipinski definition) is 2. The van der Waals surface area contributed by atoms with Gasteiger partial charge in [0.1, 0.15) is 0 Å². The third-order valence-corrected chi connectivity index (χ3v) is 1.66. The number of alkyl halides is 1. The minimum absolute atomic E-state index is 0.191. The average molecular weight is 137 g/mol. The van der Waals surface area contributed by atoms with E-state index in [4.69, 9.17) is 21.4 Å². The second-order valence-corrected chi connectivity index (χ2v) is 2.48. The zero-order valence-corrected chi connectivity index (χ0v) is 5.27. The van der Waals surface area contributed by atoms with Crippen molar-refractivity contribution in [3.05, 3.63) is 0 Å². The summed E-state index contributed by atoms with van der Waals surface area (Å²) in [6.45, 7) is 0.643. The van der Waals surface area contributed by atoms with Crippen LogP contribution in [0.15, 0.2) is 0 Å². The van der Waals surface area contributed by atoms with Gasteiger partial charge in [-0.05, 0) is 12.8 Å². The van der Waals surface area contributed by atoms with E-state index in [-0.39, 0.29) is 5.38 Å². The molecule has 0 aromatic rings. The van der Waals surface area contributed by atoms with E-state index >= 15 is 0 Å². The molecule has 1 saturated heterocycles. The van der Waals surface area contributed by atoms with Crippen molar-refractivity contribution in [1.82, 2.24) is 0 Å². The molecule has 0 spiro atoms. The lowest BCUT2D eigenvalue weighted by Gasteiger charge is -2.22. The molecule has 0 aliphatic carbocycles. The molecule has 0 amide bonds. The van der Waals surface area contributed by atoms with Crippen molar-refractivity contribution in [3.8, 4) is 0 Å². The summed E-state index contributed by atoms with van der Waals surface area (Å²) in [4.78, 5) is 0. The Morgan fingerprint density at radius 2 is 2.38 bits per heavy atom. The van der Waals surface area contributed by atoms with Crippen LogP contribution in [0.5, 0.6) is 0 Å². The molecular formula is C5H9ClO2. The van der Waals surface area contributed by atoms with Crippen LogP contribution in [0.25, 0.3) is 0 Å². The Hall–Kier alpha value is 0.210. The van der Waals surface area contributed by atoms with Crippen LogP contribution in [0.3, 0.4) is 0 Å². The molecule has 2 nitrogen and oxygen atoms in total. The predicted octanol–water partition coefficient (Wildman–Crippen LogP) is 0.723. The van der Waals surface area contributed by atoms with Crippen molar-refractivity contribution in [2.75, 3.05) is 6.61 Å². The maximum atomic E-state index is 8.82. The predicted molar refractivity (Wildman–Crippen MR) is 30.8 cm³/mol. The van der Waals surface area contributed by atoms with Gasteiger partial charge in [0.25, 0.3) is 0 Å². The van der Waals surface area contributed by atoms with Gasteiger partial charge in [0.2, 0.25) is 0 Å². The van der Waals surface area contributed by atoms with Gasteiger partial charge >= 0.3 is 0 Å². The van der Waals surface area contributed by atoms with E-state index in [1.165, 1.54) is 0 Å². The molecule has 0 radical (unpaired) electrons. The smallest absolute Gasteiger partial charge is 0.170 e. The van der Waals surface area contributed by atoms with Crippen LogP contribution >= 0.6 is 11.6 Å². The fourth-order valence-corrected chi connectivity index (χ4v) is 0.956. The Balaban J connectivity index is 2.28. The zero-order valence-electron chi connectivity index (χ0n) is 4.51. The number of rotatable bonds is 0.